The Morgan fingerprint density at radius 3 is 1.13 bits per heavy atom. The summed E-state index contributed by atoms with van der Waals surface area (Å²) in [5.41, 5.74) is 16.4. The first-order valence-electron chi connectivity index (χ1n) is 16.0. The molecular formula is C40H58Cl2N4Zr. The fourth-order valence-corrected chi connectivity index (χ4v) is 5.96. The summed E-state index contributed by atoms with van der Waals surface area (Å²) in [7, 11) is 8.45. The molecule has 0 atom stereocenters. The van der Waals surface area contributed by atoms with Crippen LogP contribution in [0.2, 0.25) is 0 Å². The van der Waals surface area contributed by atoms with Crippen molar-refractivity contribution in [2.75, 3.05) is 48.6 Å². The van der Waals surface area contributed by atoms with E-state index >= 15 is 0 Å². The number of benzene rings is 2. The summed E-state index contributed by atoms with van der Waals surface area (Å²) in [5, 5.41) is 7.26. The van der Waals surface area contributed by atoms with Crippen LogP contribution in [0, 0.1) is 27.7 Å². The minimum atomic E-state index is 0. The molecular weight excluding hydrogens is 699 g/mol. The SMILES string of the molecule is Cc1c(N(C)C)c[c-](C)c1Cc1ccccc1NC(C)(C)C.Cc1c(N(C)C)c[c-](C)c1Cc1ccccc1NC(C)(C)C.[Cl-].[Cl-].[Zr+4]. The third-order valence-corrected chi connectivity index (χ3v) is 8.08. The van der Waals surface area contributed by atoms with Gasteiger partial charge in [-0.1, -0.05) is 64.1 Å². The van der Waals surface area contributed by atoms with Gasteiger partial charge in [0.15, 0.2) is 0 Å². The van der Waals surface area contributed by atoms with Crippen LogP contribution in [0.1, 0.15) is 86.1 Å². The summed E-state index contributed by atoms with van der Waals surface area (Å²) in [4.78, 5) is 4.40. The molecule has 0 aliphatic heterocycles. The molecule has 0 aliphatic carbocycles. The molecule has 4 rings (SSSR count). The van der Waals surface area contributed by atoms with Gasteiger partial charge >= 0.3 is 26.2 Å². The summed E-state index contributed by atoms with van der Waals surface area (Å²) in [5.74, 6) is 0. The quantitative estimate of drug-likeness (QED) is 0.269. The number of halogens is 2. The molecule has 0 fully saturated rings. The Bertz CT molecular complexity index is 1420. The van der Waals surface area contributed by atoms with Crippen LogP contribution in [-0.4, -0.2) is 39.3 Å². The molecule has 0 spiro atoms. The van der Waals surface area contributed by atoms with Crippen molar-refractivity contribution in [3.05, 3.63) is 105 Å². The van der Waals surface area contributed by atoms with Gasteiger partial charge in [-0.2, -0.15) is 45.5 Å². The minimum Gasteiger partial charge on any atom is -1.00 e. The first-order valence-corrected chi connectivity index (χ1v) is 16.0. The first-order chi connectivity index (χ1) is 20.4. The van der Waals surface area contributed by atoms with Crippen LogP contribution in [0.25, 0.3) is 0 Å². The van der Waals surface area contributed by atoms with Gasteiger partial charge in [-0.05, 0) is 106 Å². The maximum Gasteiger partial charge on any atom is 4.00 e. The number of nitrogens with zero attached hydrogens (tertiary/aromatic N) is 2. The standard InChI is InChI=1S/2C20H29N2.2ClH.Zr/c2*1-14-12-19(22(6)7)15(2)17(14)13-16-10-8-9-11-18(16)21-20(3,4)5;;;/h2*8-12,21H,13H2,1-7H3;2*1H;/q2*-1;;;+4/p-2. The van der Waals surface area contributed by atoms with Gasteiger partial charge < -0.3 is 45.2 Å². The van der Waals surface area contributed by atoms with Crippen molar-refractivity contribution in [2.45, 2.75) is 93.2 Å². The molecule has 256 valence electrons. The van der Waals surface area contributed by atoms with E-state index in [0.29, 0.717) is 0 Å². The van der Waals surface area contributed by atoms with Crippen LogP contribution < -0.4 is 45.2 Å². The number of hydrogen-bond donors (Lipinski definition) is 2. The van der Waals surface area contributed by atoms with Gasteiger partial charge in [0.05, 0.1) is 0 Å². The Hall–Kier alpha value is -2.20. The van der Waals surface area contributed by atoms with Gasteiger partial charge in [0, 0.05) is 22.5 Å². The van der Waals surface area contributed by atoms with E-state index in [-0.39, 0.29) is 62.1 Å². The Morgan fingerprint density at radius 2 is 0.872 bits per heavy atom. The van der Waals surface area contributed by atoms with Gasteiger partial charge in [0.25, 0.3) is 0 Å². The molecule has 0 bridgehead atoms. The summed E-state index contributed by atoms with van der Waals surface area (Å²) < 4.78 is 0. The smallest absolute Gasteiger partial charge is 1.00 e. The average Bonchev–Trinajstić information content (AvgIpc) is 3.35. The Labute approximate surface area is 318 Å². The second-order valence-corrected chi connectivity index (χ2v) is 14.8. The molecule has 7 heteroatoms. The van der Waals surface area contributed by atoms with Gasteiger partial charge in [0.2, 0.25) is 0 Å². The number of nitrogens with one attached hydrogen (secondary N) is 2. The molecule has 4 aromatic rings. The second-order valence-electron chi connectivity index (χ2n) is 14.8. The van der Waals surface area contributed by atoms with Crippen molar-refractivity contribution in [3.63, 3.8) is 0 Å². The van der Waals surface area contributed by atoms with E-state index < -0.39 is 0 Å². The third-order valence-electron chi connectivity index (χ3n) is 8.08. The maximum absolute atomic E-state index is 3.63. The largest absolute Gasteiger partial charge is 4.00 e. The fourth-order valence-electron chi connectivity index (χ4n) is 5.96. The molecule has 0 aliphatic rings. The normalized spacial score (nSPS) is 10.9. The monoisotopic (exact) mass is 754 g/mol. The fraction of sp³-hybridized carbons (Fsp3) is 0.450. The van der Waals surface area contributed by atoms with Crippen LogP contribution in [-0.2, 0) is 39.0 Å². The minimum absolute atomic E-state index is 0. The zero-order valence-electron chi connectivity index (χ0n) is 31.3. The van der Waals surface area contributed by atoms with Crippen molar-refractivity contribution in [1.29, 1.82) is 0 Å². The van der Waals surface area contributed by atoms with E-state index in [1.807, 2.05) is 0 Å². The van der Waals surface area contributed by atoms with Crippen LogP contribution in [0.3, 0.4) is 0 Å². The molecule has 2 N–H and O–H groups in total. The van der Waals surface area contributed by atoms with Gasteiger partial charge in [-0.15, -0.1) is 11.4 Å². The molecule has 0 amide bonds. The molecule has 0 unspecified atom stereocenters. The topological polar surface area (TPSA) is 30.5 Å². The van der Waals surface area contributed by atoms with E-state index in [0.717, 1.165) is 12.8 Å². The molecule has 4 aromatic carbocycles. The zero-order chi connectivity index (χ0) is 33.0. The average molecular weight is 757 g/mol. The van der Waals surface area contributed by atoms with Crippen LogP contribution in [0.15, 0.2) is 60.7 Å². The van der Waals surface area contributed by atoms with E-state index in [4.69, 9.17) is 0 Å². The number of anilines is 4. The molecule has 0 radical (unpaired) electrons. The Balaban J connectivity index is 0.000000846. The zero-order valence-corrected chi connectivity index (χ0v) is 35.3. The van der Waals surface area contributed by atoms with Crippen molar-refractivity contribution in [3.8, 4) is 0 Å². The molecule has 0 saturated carbocycles. The van der Waals surface area contributed by atoms with Gasteiger partial charge in [0.1, 0.15) is 0 Å². The second kappa shape index (κ2) is 18.5. The number of rotatable bonds is 8. The number of para-hydroxylation sites is 2. The van der Waals surface area contributed by atoms with E-state index in [2.05, 4.69) is 179 Å². The molecule has 0 saturated heterocycles. The predicted octanol–water partition coefficient (Wildman–Crippen LogP) is 3.78. The van der Waals surface area contributed by atoms with E-state index in [9.17, 15) is 0 Å². The Morgan fingerprint density at radius 1 is 0.574 bits per heavy atom. The summed E-state index contributed by atoms with van der Waals surface area (Å²) in [6.45, 7) is 22.1. The maximum atomic E-state index is 3.63. The van der Waals surface area contributed by atoms with Crippen molar-refractivity contribution >= 4 is 22.7 Å². The first kappa shape index (κ1) is 44.8. The molecule has 0 heterocycles. The van der Waals surface area contributed by atoms with Crippen LogP contribution in [0.5, 0.6) is 0 Å². The molecule has 47 heavy (non-hydrogen) atoms. The Kier molecular flexibility index (Phi) is 17.7. The van der Waals surface area contributed by atoms with Crippen LogP contribution >= 0.6 is 0 Å². The molecule has 4 nitrogen and oxygen atoms in total. The van der Waals surface area contributed by atoms with E-state index in [1.165, 1.54) is 67.3 Å². The van der Waals surface area contributed by atoms with Crippen molar-refractivity contribution in [1.82, 2.24) is 0 Å². The number of hydrogen-bond acceptors (Lipinski definition) is 4. The van der Waals surface area contributed by atoms with Crippen molar-refractivity contribution in [2.24, 2.45) is 0 Å². The summed E-state index contributed by atoms with van der Waals surface area (Å²) >= 11 is 0. The van der Waals surface area contributed by atoms with Crippen molar-refractivity contribution < 1.29 is 51.0 Å². The number of aryl methyl sites for hydroxylation is 2. The predicted molar refractivity (Wildman–Crippen MR) is 197 cm³/mol. The van der Waals surface area contributed by atoms with Crippen LogP contribution in [0.4, 0.5) is 22.7 Å². The van der Waals surface area contributed by atoms with Gasteiger partial charge in [-0.3, -0.25) is 0 Å². The van der Waals surface area contributed by atoms with E-state index in [1.54, 1.807) is 0 Å². The summed E-state index contributed by atoms with van der Waals surface area (Å²) in [6, 6.07) is 21.9. The van der Waals surface area contributed by atoms with Gasteiger partial charge in [-0.25, -0.2) is 0 Å². The third kappa shape index (κ3) is 12.6. The molecule has 0 aromatic heterocycles. The summed E-state index contributed by atoms with van der Waals surface area (Å²) in [6.07, 6.45) is 1.95.